The van der Waals surface area contributed by atoms with E-state index in [1.165, 1.54) is 12.8 Å². The lowest BCUT2D eigenvalue weighted by Crippen LogP contribution is -2.45. The van der Waals surface area contributed by atoms with Crippen molar-refractivity contribution in [3.63, 3.8) is 0 Å². The van der Waals surface area contributed by atoms with Crippen molar-refractivity contribution in [3.8, 4) is 0 Å². The molecule has 0 aromatic carbocycles. The maximum Gasteiger partial charge on any atom is 0.220 e. The van der Waals surface area contributed by atoms with Crippen molar-refractivity contribution in [1.29, 1.82) is 0 Å². The molecule has 0 heterocycles. The summed E-state index contributed by atoms with van der Waals surface area (Å²) in [6.07, 6.45) is 10.6. The topological polar surface area (TPSA) is 69.6 Å². The summed E-state index contributed by atoms with van der Waals surface area (Å²) in [6, 6.07) is -0.605. The summed E-state index contributed by atoms with van der Waals surface area (Å²) in [7, 11) is 0. The minimum absolute atomic E-state index is 0.0940. The Morgan fingerprint density at radius 1 is 1.15 bits per heavy atom. The van der Waals surface area contributed by atoms with Gasteiger partial charge in [-0.3, -0.25) is 4.79 Å². The number of rotatable bonds is 12. The number of hydrogen-bond acceptors (Lipinski definition) is 3. The van der Waals surface area contributed by atoms with Crippen LogP contribution in [-0.4, -0.2) is 34.9 Å². The third-order valence-corrected chi connectivity index (χ3v) is 3.25. The zero-order chi connectivity index (χ0) is 15.2. The summed E-state index contributed by atoms with van der Waals surface area (Å²) in [5.41, 5.74) is 0. The lowest BCUT2D eigenvalue weighted by Gasteiger charge is -2.19. The predicted octanol–water partition coefficient (Wildman–Crippen LogP) is 2.54. The van der Waals surface area contributed by atoms with Crippen LogP contribution in [0.4, 0.5) is 0 Å². The number of aliphatic hydroxyl groups excluding tert-OH is 2. The molecule has 3 N–H and O–H groups in total. The van der Waals surface area contributed by atoms with E-state index in [-0.39, 0.29) is 12.5 Å². The number of nitrogens with one attached hydrogen (secondary N) is 1. The largest absolute Gasteiger partial charge is 0.394 e. The van der Waals surface area contributed by atoms with Gasteiger partial charge >= 0.3 is 0 Å². The Morgan fingerprint density at radius 3 is 2.45 bits per heavy atom. The number of hydrogen-bond donors (Lipinski definition) is 3. The summed E-state index contributed by atoms with van der Waals surface area (Å²) >= 11 is 0. The maximum atomic E-state index is 11.7. The number of amides is 1. The van der Waals surface area contributed by atoms with Crippen LogP contribution in [0, 0.1) is 0 Å². The van der Waals surface area contributed by atoms with E-state index in [9.17, 15) is 15.0 Å². The molecular weight excluding hydrogens is 254 g/mol. The Balaban J connectivity index is 3.93. The first kappa shape index (κ1) is 19.1. The molecule has 0 aliphatic rings. The molecule has 0 fully saturated rings. The summed E-state index contributed by atoms with van der Waals surface area (Å²) in [6.45, 7) is 3.96. The Bertz CT molecular complexity index is 266. The first-order valence-corrected chi connectivity index (χ1v) is 7.90. The van der Waals surface area contributed by atoms with E-state index >= 15 is 0 Å². The van der Waals surface area contributed by atoms with Gasteiger partial charge in [0.2, 0.25) is 5.91 Å². The van der Waals surface area contributed by atoms with Crippen LogP contribution in [0.15, 0.2) is 12.2 Å². The van der Waals surface area contributed by atoms with E-state index in [0.717, 1.165) is 32.1 Å². The Hall–Kier alpha value is -0.870. The third kappa shape index (κ3) is 9.98. The molecule has 0 bridgehead atoms. The van der Waals surface area contributed by atoms with Gasteiger partial charge in [0.15, 0.2) is 0 Å². The van der Waals surface area contributed by atoms with E-state index in [4.69, 9.17) is 0 Å². The number of allylic oxidation sites excluding steroid dienone is 1. The van der Waals surface area contributed by atoms with Crippen molar-refractivity contribution in [1.82, 2.24) is 5.32 Å². The molecule has 118 valence electrons. The number of carbonyl (C=O) groups excluding carboxylic acids is 1. The van der Waals surface area contributed by atoms with Crippen molar-refractivity contribution in [2.45, 2.75) is 77.4 Å². The van der Waals surface area contributed by atoms with Gasteiger partial charge in [-0.15, -0.1) is 0 Å². The SMILES string of the molecule is CCCC=C[C@@H](O)[C@H](CO)NC(=O)CCCCCCC. The Kier molecular flexibility index (Phi) is 12.6. The van der Waals surface area contributed by atoms with Gasteiger partial charge in [-0.25, -0.2) is 0 Å². The van der Waals surface area contributed by atoms with Gasteiger partial charge in [0.1, 0.15) is 0 Å². The van der Waals surface area contributed by atoms with Gasteiger partial charge in [-0.1, -0.05) is 58.1 Å². The smallest absolute Gasteiger partial charge is 0.220 e. The molecule has 0 aromatic rings. The summed E-state index contributed by atoms with van der Waals surface area (Å²) in [4.78, 5) is 11.7. The normalized spacial score (nSPS) is 14.4. The van der Waals surface area contributed by atoms with Crippen LogP contribution in [0.5, 0.6) is 0 Å². The molecule has 0 spiro atoms. The molecule has 1 amide bonds. The molecule has 0 radical (unpaired) electrons. The van der Waals surface area contributed by atoms with Gasteiger partial charge in [-0.2, -0.15) is 0 Å². The van der Waals surface area contributed by atoms with E-state index in [2.05, 4.69) is 19.2 Å². The molecule has 0 rings (SSSR count). The molecule has 0 aliphatic heterocycles. The average molecular weight is 285 g/mol. The minimum Gasteiger partial charge on any atom is -0.394 e. The van der Waals surface area contributed by atoms with Crippen molar-refractivity contribution in [2.24, 2.45) is 0 Å². The standard InChI is InChI=1S/C16H31NO3/c1-3-5-7-8-10-12-16(20)17-14(13-18)15(19)11-9-6-4-2/h9,11,14-15,18-19H,3-8,10,12-13H2,1-2H3,(H,17,20)/t14-,15+/m0/s1. The number of unbranched alkanes of at least 4 members (excludes halogenated alkanes) is 5. The highest BCUT2D eigenvalue weighted by atomic mass is 16.3. The first-order chi connectivity index (χ1) is 9.65. The van der Waals surface area contributed by atoms with Crippen LogP contribution in [0.25, 0.3) is 0 Å². The van der Waals surface area contributed by atoms with Crippen molar-refractivity contribution >= 4 is 5.91 Å². The maximum absolute atomic E-state index is 11.7. The fraction of sp³-hybridized carbons (Fsp3) is 0.812. The van der Waals surface area contributed by atoms with Crippen LogP contribution < -0.4 is 5.32 Å². The molecule has 0 saturated heterocycles. The van der Waals surface area contributed by atoms with Crippen LogP contribution in [-0.2, 0) is 4.79 Å². The van der Waals surface area contributed by atoms with Crippen LogP contribution in [0.1, 0.15) is 65.2 Å². The second-order valence-corrected chi connectivity index (χ2v) is 5.23. The van der Waals surface area contributed by atoms with Crippen molar-refractivity contribution < 1.29 is 15.0 Å². The summed E-state index contributed by atoms with van der Waals surface area (Å²) < 4.78 is 0. The van der Waals surface area contributed by atoms with Crippen molar-refractivity contribution in [2.75, 3.05) is 6.61 Å². The Labute approximate surface area is 123 Å². The van der Waals surface area contributed by atoms with Crippen LogP contribution in [0.2, 0.25) is 0 Å². The monoisotopic (exact) mass is 285 g/mol. The molecular formula is C16H31NO3. The van der Waals surface area contributed by atoms with Gasteiger partial charge in [0.05, 0.1) is 18.8 Å². The fourth-order valence-electron chi connectivity index (χ4n) is 1.94. The zero-order valence-corrected chi connectivity index (χ0v) is 13.0. The molecule has 0 saturated carbocycles. The third-order valence-electron chi connectivity index (χ3n) is 3.25. The molecule has 2 atom stereocenters. The molecule has 0 aliphatic carbocycles. The van der Waals surface area contributed by atoms with Crippen LogP contribution in [0.3, 0.4) is 0 Å². The predicted molar refractivity (Wildman–Crippen MR) is 82.4 cm³/mol. The highest BCUT2D eigenvalue weighted by Crippen LogP contribution is 2.05. The number of carbonyl (C=O) groups is 1. The van der Waals surface area contributed by atoms with Crippen molar-refractivity contribution in [3.05, 3.63) is 12.2 Å². The molecule has 4 heteroatoms. The van der Waals surface area contributed by atoms with Crippen LogP contribution >= 0.6 is 0 Å². The molecule has 0 unspecified atom stereocenters. The summed E-state index contributed by atoms with van der Waals surface area (Å²) in [5.74, 6) is -0.0940. The van der Waals surface area contributed by atoms with E-state index in [0.29, 0.717) is 6.42 Å². The molecule has 20 heavy (non-hydrogen) atoms. The van der Waals surface area contributed by atoms with Gasteiger partial charge in [0.25, 0.3) is 0 Å². The first-order valence-electron chi connectivity index (χ1n) is 7.90. The van der Waals surface area contributed by atoms with Gasteiger partial charge in [-0.05, 0) is 12.8 Å². The minimum atomic E-state index is -0.824. The van der Waals surface area contributed by atoms with E-state index < -0.39 is 12.1 Å². The number of aliphatic hydroxyl groups is 2. The Morgan fingerprint density at radius 2 is 1.85 bits per heavy atom. The average Bonchev–Trinajstić information content (AvgIpc) is 2.44. The lowest BCUT2D eigenvalue weighted by molar-refractivity contribution is -0.123. The quantitative estimate of drug-likeness (QED) is 0.381. The van der Waals surface area contributed by atoms with Gasteiger partial charge < -0.3 is 15.5 Å². The van der Waals surface area contributed by atoms with E-state index in [1.54, 1.807) is 6.08 Å². The van der Waals surface area contributed by atoms with Gasteiger partial charge in [0, 0.05) is 6.42 Å². The second-order valence-electron chi connectivity index (χ2n) is 5.23. The molecule has 0 aromatic heterocycles. The fourth-order valence-corrected chi connectivity index (χ4v) is 1.94. The highest BCUT2D eigenvalue weighted by Gasteiger charge is 2.17. The second kappa shape index (κ2) is 13.1. The summed E-state index contributed by atoms with van der Waals surface area (Å²) in [5, 5.41) is 21.8. The van der Waals surface area contributed by atoms with E-state index in [1.807, 2.05) is 6.08 Å². The highest BCUT2D eigenvalue weighted by molar-refractivity contribution is 5.76. The molecule has 4 nitrogen and oxygen atoms in total. The zero-order valence-electron chi connectivity index (χ0n) is 13.0. The lowest BCUT2D eigenvalue weighted by atomic mass is 10.1.